The molecule has 0 radical (unpaired) electrons. The number of carbonyl (C=O) groups excluding carboxylic acids is 1. The van der Waals surface area contributed by atoms with Crippen LogP contribution in [0.1, 0.15) is 0 Å². The molecule has 2 atom stereocenters. The van der Waals surface area contributed by atoms with Crippen molar-refractivity contribution in [3.63, 3.8) is 0 Å². The summed E-state index contributed by atoms with van der Waals surface area (Å²) in [5, 5.41) is 2.50. The van der Waals surface area contributed by atoms with Crippen LogP contribution in [0.4, 0.5) is 0 Å². The van der Waals surface area contributed by atoms with Crippen molar-refractivity contribution in [1.82, 2.24) is 10.2 Å². The van der Waals surface area contributed by atoms with Crippen LogP contribution >= 0.6 is 0 Å². The minimum atomic E-state index is -4.14. The molecular weight excluding hydrogens is 184 g/mol. The zero-order valence-electron chi connectivity index (χ0n) is 6.47. The Morgan fingerprint density at radius 2 is 2.25 bits per heavy atom. The zero-order valence-corrected chi connectivity index (χ0v) is 7.28. The van der Waals surface area contributed by atoms with Gasteiger partial charge >= 0.3 is 0 Å². The Hall–Kier alpha value is -0.500. The molecule has 2 N–H and O–H groups in total. The summed E-state index contributed by atoms with van der Waals surface area (Å²) in [7, 11) is -2.68. The van der Waals surface area contributed by atoms with Gasteiger partial charge < -0.3 is 4.79 Å². The Kier molecular flexibility index (Phi) is 2.47. The Balaban J connectivity index is 2.80. The van der Waals surface area contributed by atoms with Crippen molar-refractivity contribution in [2.45, 2.75) is 11.5 Å². The van der Waals surface area contributed by atoms with Gasteiger partial charge in [0.05, 0.1) is 6.04 Å². The SMILES string of the molecule is CN1C(C=O)CNC1S(=O)(=O)O. The zero-order chi connectivity index (χ0) is 9.35. The maximum atomic E-state index is 10.6. The van der Waals surface area contributed by atoms with Gasteiger partial charge in [-0.25, -0.2) is 0 Å². The average molecular weight is 194 g/mol. The van der Waals surface area contributed by atoms with Gasteiger partial charge in [0.2, 0.25) is 0 Å². The minimum absolute atomic E-state index is 0.241. The highest BCUT2D eigenvalue weighted by molar-refractivity contribution is 7.86. The van der Waals surface area contributed by atoms with Crippen LogP contribution in [0.25, 0.3) is 0 Å². The fourth-order valence-corrected chi connectivity index (χ4v) is 2.03. The van der Waals surface area contributed by atoms with Gasteiger partial charge in [-0.05, 0) is 7.05 Å². The molecule has 1 fully saturated rings. The van der Waals surface area contributed by atoms with E-state index in [4.69, 9.17) is 4.55 Å². The molecule has 1 rings (SSSR count). The van der Waals surface area contributed by atoms with Gasteiger partial charge in [0.15, 0.2) is 5.50 Å². The number of rotatable bonds is 2. The van der Waals surface area contributed by atoms with Crippen LogP contribution in [0, 0.1) is 0 Å². The topological polar surface area (TPSA) is 86.7 Å². The second kappa shape index (κ2) is 3.09. The molecule has 0 aromatic rings. The molecule has 0 bridgehead atoms. The molecule has 0 saturated carbocycles. The van der Waals surface area contributed by atoms with Gasteiger partial charge in [-0.2, -0.15) is 8.42 Å². The predicted octanol–water partition coefficient (Wildman–Crippen LogP) is -1.74. The third-order valence-electron chi connectivity index (χ3n) is 1.83. The first-order valence-corrected chi connectivity index (χ1v) is 4.84. The first kappa shape index (κ1) is 9.59. The van der Waals surface area contributed by atoms with Crippen LogP contribution in [0.15, 0.2) is 0 Å². The molecule has 1 heterocycles. The number of carbonyl (C=O) groups is 1. The summed E-state index contributed by atoms with van der Waals surface area (Å²) in [6.07, 6.45) is 0.637. The maximum absolute atomic E-state index is 10.6. The molecule has 0 aliphatic carbocycles. The largest absolute Gasteiger partial charge is 0.302 e. The fourth-order valence-electron chi connectivity index (χ4n) is 1.14. The number of hydrogen-bond donors (Lipinski definition) is 2. The summed E-state index contributed by atoms with van der Waals surface area (Å²) in [6.45, 7) is 0.241. The number of nitrogens with zero attached hydrogens (tertiary/aromatic N) is 1. The number of nitrogens with one attached hydrogen (secondary N) is 1. The van der Waals surface area contributed by atoms with Crippen LogP contribution in [-0.4, -0.2) is 49.3 Å². The van der Waals surface area contributed by atoms with Crippen LogP contribution in [0.2, 0.25) is 0 Å². The average Bonchev–Trinajstić information content (AvgIpc) is 2.29. The summed E-state index contributed by atoms with van der Waals surface area (Å²) in [5.74, 6) is 0. The van der Waals surface area contributed by atoms with Gasteiger partial charge in [-0.15, -0.1) is 0 Å². The van der Waals surface area contributed by atoms with E-state index in [1.165, 1.54) is 11.9 Å². The fraction of sp³-hybridized carbons (Fsp3) is 0.800. The van der Waals surface area contributed by atoms with E-state index >= 15 is 0 Å². The molecule has 7 heteroatoms. The summed E-state index contributed by atoms with van der Waals surface area (Å²) in [4.78, 5) is 11.6. The molecule has 6 nitrogen and oxygen atoms in total. The third-order valence-corrected chi connectivity index (χ3v) is 2.90. The van der Waals surface area contributed by atoms with E-state index in [0.29, 0.717) is 6.29 Å². The van der Waals surface area contributed by atoms with E-state index in [9.17, 15) is 13.2 Å². The summed E-state index contributed by atoms with van der Waals surface area (Å²) >= 11 is 0. The highest BCUT2D eigenvalue weighted by atomic mass is 32.2. The summed E-state index contributed by atoms with van der Waals surface area (Å²) in [6, 6.07) is -0.489. The van der Waals surface area contributed by atoms with Crippen LogP contribution < -0.4 is 5.32 Å². The van der Waals surface area contributed by atoms with E-state index < -0.39 is 21.7 Å². The Labute approximate surface area is 70.3 Å². The van der Waals surface area contributed by atoms with Crippen molar-refractivity contribution in [2.75, 3.05) is 13.6 Å². The molecule has 0 aromatic heterocycles. The van der Waals surface area contributed by atoms with E-state index in [2.05, 4.69) is 5.32 Å². The molecule has 0 amide bonds. The normalized spacial score (nSPS) is 32.2. The highest BCUT2D eigenvalue weighted by Gasteiger charge is 2.37. The van der Waals surface area contributed by atoms with Crippen molar-refractivity contribution in [1.29, 1.82) is 0 Å². The Morgan fingerprint density at radius 1 is 1.67 bits per heavy atom. The lowest BCUT2D eigenvalue weighted by Crippen LogP contribution is -2.42. The second-order valence-corrected chi connectivity index (χ2v) is 4.12. The van der Waals surface area contributed by atoms with Crippen molar-refractivity contribution in [2.24, 2.45) is 0 Å². The van der Waals surface area contributed by atoms with E-state index in [1.807, 2.05) is 0 Å². The maximum Gasteiger partial charge on any atom is 0.295 e. The number of aldehydes is 1. The van der Waals surface area contributed by atoms with E-state index in [1.54, 1.807) is 0 Å². The smallest absolute Gasteiger partial charge is 0.295 e. The van der Waals surface area contributed by atoms with Crippen molar-refractivity contribution in [3.05, 3.63) is 0 Å². The molecule has 0 aromatic carbocycles. The molecule has 70 valence electrons. The van der Waals surface area contributed by atoms with Gasteiger partial charge in [-0.3, -0.25) is 14.8 Å². The van der Waals surface area contributed by atoms with Crippen molar-refractivity contribution >= 4 is 16.4 Å². The lowest BCUT2D eigenvalue weighted by molar-refractivity contribution is -0.110. The monoisotopic (exact) mass is 194 g/mol. The van der Waals surface area contributed by atoms with Crippen LogP contribution in [0.5, 0.6) is 0 Å². The summed E-state index contributed by atoms with van der Waals surface area (Å²) < 4.78 is 29.9. The van der Waals surface area contributed by atoms with E-state index in [-0.39, 0.29) is 6.54 Å². The third kappa shape index (κ3) is 1.63. The first-order chi connectivity index (χ1) is 5.46. The van der Waals surface area contributed by atoms with Crippen LogP contribution in [0.3, 0.4) is 0 Å². The Bertz CT molecular complexity index is 275. The minimum Gasteiger partial charge on any atom is -0.302 e. The number of hydrogen-bond acceptors (Lipinski definition) is 5. The first-order valence-electron chi connectivity index (χ1n) is 3.33. The Morgan fingerprint density at radius 3 is 2.50 bits per heavy atom. The molecular formula is C5H10N2O4S. The van der Waals surface area contributed by atoms with Crippen molar-refractivity contribution < 1.29 is 17.8 Å². The van der Waals surface area contributed by atoms with E-state index in [0.717, 1.165) is 0 Å². The van der Waals surface area contributed by atoms with Gasteiger partial charge in [0, 0.05) is 6.54 Å². The molecule has 2 unspecified atom stereocenters. The van der Waals surface area contributed by atoms with Crippen LogP contribution in [-0.2, 0) is 14.9 Å². The lowest BCUT2D eigenvalue weighted by atomic mass is 10.3. The van der Waals surface area contributed by atoms with Gasteiger partial charge in [0.25, 0.3) is 10.1 Å². The second-order valence-electron chi connectivity index (χ2n) is 2.64. The molecule has 12 heavy (non-hydrogen) atoms. The lowest BCUT2D eigenvalue weighted by Gasteiger charge is -2.18. The molecule has 1 aliphatic rings. The molecule has 1 saturated heterocycles. The van der Waals surface area contributed by atoms with Gasteiger partial charge in [-0.1, -0.05) is 0 Å². The quantitative estimate of drug-likeness (QED) is 0.401. The predicted molar refractivity (Wildman–Crippen MR) is 41.0 cm³/mol. The van der Waals surface area contributed by atoms with Gasteiger partial charge in [0.1, 0.15) is 6.29 Å². The van der Waals surface area contributed by atoms with Crippen molar-refractivity contribution in [3.8, 4) is 0 Å². The number of likely N-dealkylation sites (N-methyl/N-ethyl adjacent to an activating group) is 1. The summed E-state index contributed by atoms with van der Waals surface area (Å²) in [5.41, 5.74) is -1.16. The standard InChI is InChI=1S/C5H10N2O4S/c1-7-4(3-8)2-6-5(7)12(9,10)11/h3-6H,2H2,1H3,(H,9,10,11). The highest BCUT2D eigenvalue weighted by Crippen LogP contribution is 2.10. The molecule has 1 aliphatic heterocycles. The molecule has 0 spiro atoms.